The first-order valence-corrected chi connectivity index (χ1v) is 15.4. The van der Waals surface area contributed by atoms with Gasteiger partial charge in [-0.25, -0.2) is 13.2 Å². The summed E-state index contributed by atoms with van der Waals surface area (Å²) < 4.78 is 61.9. The van der Waals surface area contributed by atoms with Crippen LogP contribution < -0.4 is 10.6 Å². The Hall–Kier alpha value is -2.70. The minimum Gasteiger partial charge on any atom is -0.480 e. The molecule has 3 rings (SSSR count). The lowest BCUT2D eigenvalue weighted by Gasteiger charge is -2.43. The number of carboxylic acids is 1. The smallest absolute Gasteiger partial charge is 0.416 e. The average molecular weight is 619 g/mol. The van der Waals surface area contributed by atoms with Crippen molar-refractivity contribution in [1.82, 2.24) is 5.32 Å². The molecule has 7 nitrogen and oxygen atoms in total. The Morgan fingerprint density at radius 3 is 2.30 bits per heavy atom. The minimum atomic E-state index is -4.63. The van der Waals surface area contributed by atoms with Gasteiger partial charge in [-0.05, 0) is 61.6 Å². The van der Waals surface area contributed by atoms with Crippen molar-refractivity contribution in [3.8, 4) is 0 Å². The molecule has 1 aliphatic carbocycles. The predicted molar refractivity (Wildman–Crippen MR) is 152 cm³/mol. The van der Waals surface area contributed by atoms with E-state index >= 15 is 0 Å². The number of amides is 1. The van der Waals surface area contributed by atoms with E-state index < -0.39 is 39.5 Å². The van der Waals surface area contributed by atoms with Crippen molar-refractivity contribution in [3.63, 3.8) is 0 Å². The summed E-state index contributed by atoms with van der Waals surface area (Å²) in [5.74, 6) is -1.81. The Morgan fingerprint density at radius 2 is 1.77 bits per heavy atom. The van der Waals surface area contributed by atoms with E-state index in [0.29, 0.717) is 41.6 Å². The Bertz CT molecular complexity index is 1360. The number of carboxylic acid groups (broad SMARTS) is 1. The molecule has 218 valence electrons. The molecule has 0 radical (unpaired) electrons. The van der Waals surface area contributed by atoms with Gasteiger partial charge in [-0.15, -0.1) is 0 Å². The highest BCUT2D eigenvalue weighted by Gasteiger charge is 2.41. The molecule has 0 bridgehead atoms. The van der Waals surface area contributed by atoms with E-state index in [4.69, 9.17) is 23.8 Å². The molecule has 3 N–H and O–H groups in total. The standard InChI is InChI=1S/C27H30ClF3N2O5S2/c1-40(37,38)14-3-2-11-26(12-4-13-26)25(39)33-22(24(35)36)15-17-5-8-19(9-6-17)32-23(34)20-16-18(27(29,30)31)7-10-21(20)28/h5-10,16,22H,2-4,11-15H2,1H3,(H,32,34)(H,33,39)(H,35,36). The summed E-state index contributed by atoms with van der Waals surface area (Å²) in [6, 6.07) is 7.71. The zero-order valence-electron chi connectivity index (χ0n) is 21.7. The maximum atomic E-state index is 13.0. The largest absolute Gasteiger partial charge is 0.480 e. The summed E-state index contributed by atoms with van der Waals surface area (Å²) in [5.41, 5.74) is -0.737. The van der Waals surface area contributed by atoms with Gasteiger partial charge >= 0.3 is 12.1 Å². The van der Waals surface area contributed by atoms with Crippen molar-refractivity contribution in [1.29, 1.82) is 0 Å². The van der Waals surface area contributed by atoms with Crippen LogP contribution >= 0.6 is 23.8 Å². The molecule has 0 spiro atoms. The molecule has 0 aliphatic heterocycles. The average Bonchev–Trinajstić information content (AvgIpc) is 2.82. The summed E-state index contributed by atoms with van der Waals surface area (Å²) in [5, 5.41) is 15.2. The number of hydrogen-bond donors (Lipinski definition) is 3. The second-order valence-corrected chi connectivity index (χ2v) is 13.2. The van der Waals surface area contributed by atoms with Crippen LogP contribution in [-0.2, 0) is 27.2 Å². The van der Waals surface area contributed by atoms with Gasteiger partial charge in [-0.1, -0.05) is 48.8 Å². The van der Waals surface area contributed by atoms with Gasteiger partial charge in [0.2, 0.25) is 0 Å². The van der Waals surface area contributed by atoms with Gasteiger partial charge in [-0.2, -0.15) is 13.2 Å². The van der Waals surface area contributed by atoms with Crippen molar-refractivity contribution >= 4 is 56.2 Å². The zero-order valence-corrected chi connectivity index (χ0v) is 24.1. The summed E-state index contributed by atoms with van der Waals surface area (Å²) in [7, 11) is -3.05. The van der Waals surface area contributed by atoms with Crippen LogP contribution in [0.4, 0.5) is 18.9 Å². The highest BCUT2D eigenvalue weighted by molar-refractivity contribution is 7.90. The van der Waals surface area contributed by atoms with Crippen molar-refractivity contribution in [2.24, 2.45) is 5.41 Å². The molecule has 2 aromatic carbocycles. The number of hydrogen-bond acceptors (Lipinski definition) is 5. The van der Waals surface area contributed by atoms with Crippen LogP contribution in [0.2, 0.25) is 5.02 Å². The third-order valence-electron chi connectivity index (χ3n) is 7.01. The molecule has 0 aromatic heterocycles. The molecule has 1 unspecified atom stereocenters. The summed E-state index contributed by atoms with van der Waals surface area (Å²) in [4.78, 5) is 25.0. The molecule has 0 heterocycles. The first-order valence-electron chi connectivity index (χ1n) is 12.6. The first kappa shape index (κ1) is 31.8. The fourth-order valence-corrected chi connectivity index (χ4v) is 5.95. The number of sulfone groups is 1. The maximum absolute atomic E-state index is 13.0. The number of thiocarbonyl (C=S) groups is 1. The monoisotopic (exact) mass is 618 g/mol. The first-order chi connectivity index (χ1) is 18.6. The zero-order chi connectivity index (χ0) is 29.7. The molecule has 1 saturated carbocycles. The van der Waals surface area contributed by atoms with Crippen molar-refractivity contribution in [2.75, 3.05) is 17.3 Å². The molecule has 1 aliphatic rings. The second-order valence-electron chi connectivity index (χ2n) is 10.1. The van der Waals surface area contributed by atoms with E-state index in [2.05, 4.69) is 10.6 Å². The molecular weight excluding hydrogens is 589 g/mol. The van der Waals surface area contributed by atoms with E-state index in [1.165, 1.54) is 18.4 Å². The Labute approximate surface area is 241 Å². The van der Waals surface area contributed by atoms with Crippen LogP contribution in [0.3, 0.4) is 0 Å². The van der Waals surface area contributed by atoms with E-state index in [0.717, 1.165) is 31.4 Å². The van der Waals surface area contributed by atoms with E-state index in [-0.39, 0.29) is 28.2 Å². The normalized spacial score (nSPS) is 15.5. The third-order valence-corrected chi connectivity index (χ3v) is 8.92. The fourth-order valence-electron chi connectivity index (χ4n) is 4.57. The highest BCUT2D eigenvalue weighted by atomic mass is 35.5. The predicted octanol–water partition coefficient (Wildman–Crippen LogP) is 5.91. The highest BCUT2D eigenvalue weighted by Crippen LogP contribution is 2.46. The van der Waals surface area contributed by atoms with Crippen LogP contribution in [-0.4, -0.2) is 48.4 Å². The summed E-state index contributed by atoms with van der Waals surface area (Å²) in [6.07, 6.45) is 1.13. The van der Waals surface area contributed by atoms with Gasteiger partial charge < -0.3 is 15.7 Å². The number of aliphatic carboxylic acids is 1. The Balaban J connectivity index is 1.62. The third kappa shape index (κ3) is 8.65. The van der Waals surface area contributed by atoms with Gasteiger partial charge in [0.25, 0.3) is 5.91 Å². The lowest BCUT2D eigenvalue weighted by Crippen LogP contribution is -2.51. The number of alkyl halides is 3. The van der Waals surface area contributed by atoms with Gasteiger partial charge in [0.1, 0.15) is 15.9 Å². The molecule has 13 heteroatoms. The number of nitrogens with one attached hydrogen (secondary N) is 2. The molecule has 0 saturated heterocycles. The molecule has 1 atom stereocenters. The quantitative estimate of drug-likeness (QED) is 0.200. The number of carbonyl (C=O) groups excluding carboxylic acids is 1. The lowest BCUT2D eigenvalue weighted by molar-refractivity contribution is -0.139. The second kappa shape index (κ2) is 12.9. The van der Waals surface area contributed by atoms with Crippen LogP contribution in [0.1, 0.15) is 60.0 Å². The fraction of sp³-hybridized carbons (Fsp3) is 0.444. The Morgan fingerprint density at radius 1 is 1.12 bits per heavy atom. The number of anilines is 1. The molecule has 1 fully saturated rings. The number of unbranched alkanes of at least 4 members (excludes halogenated alkanes) is 1. The van der Waals surface area contributed by atoms with Crippen LogP contribution in [0.5, 0.6) is 0 Å². The van der Waals surface area contributed by atoms with Crippen LogP contribution in [0.15, 0.2) is 42.5 Å². The molecule has 1 amide bonds. The topological polar surface area (TPSA) is 113 Å². The number of halogens is 4. The summed E-state index contributed by atoms with van der Waals surface area (Å²) >= 11 is 11.5. The maximum Gasteiger partial charge on any atom is 0.416 e. The van der Waals surface area contributed by atoms with Gasteiger partial charge in [0.05, 0.1) is 21.1 Å². The molecular formula is C27H30ClF3N2O5S2. The van der Waals surface area contributed by atoms with Crippen molar-refractivity contribution in [3.05, 3.63) is 64.2 Å². The number of carbonyl (C=O) groups is 2. The number of benzene rings is 2. The molecule has 2 aromatic rings. The minimum absolute atomic E-state index is 0.0906. The van der Waals surface area contributed by atoms with Crippen molar-refractivity contribution < 1.29 is 36.3 Å². The number of rotatable bonds is 12. The van der Waals surface area contributed by atoms with E-state index in [1.807, 2.05) is 0 Å². The van der Waals surface area contributed by atoms with Crippen molar-refractivity contribution in [2.45, 2.75) is 57.2 Å². The van der Waals surface area contributed by atoms with Gasteiger partial charge in [-0.3, -0.25) is 4.79 Å². The summed E-state index contributed by atoms with van der Waals surface area (Å²) in [6.45, 7) is 0. The van der Waals surface area contributed by atoms with E-state index in [1.54, 1.807) is 12.1 Å². The van der Waals surface area contributed by atoms with Gasteiger partial charge in [0, 0.05) is 29.5 Å². The van der Waals surface area contributed by atoms with Gasteiger partial charge in [0.15, 0.2) is 0 Å². The molecule has 40 heavy (non-hydrogen) atoms. The SMILES string of the molecule is CS(=O)(=O)CCCCC1(C(=S)NC(Cc2ccc(NC(=O)c3cc(C(F)(F)F)ccc3Cl)cc2)C(=O)O)CCC1. The van der Waals surface area contributed by atoms with Crippen LogP contribution in [0, 0.1) is 5.41 Å². The van der Waals surface area contributed by atoms with E-state index in [9.17, 15) is 36.3 Å². The Kier molecular flexibility index (Phi) is 10.2. The van der Waals surface area contributed by atoms with Crippen LogP contribution in [0.25, 0.3) is 0 Å². The lowest BCUT2D eigenvalue weighted by atomic mass is 9.65.